The second kappa shape index (κ2) is 11.9. The Hall–Kier alpha value is -4.17. The van der Waals surface area contributed by atoms with Gasteiger partial charge in [-0.3, -0.25) is 4.90 Å². The maximum Gasteiger partial charge on any atom is 0.416 e. The number of likely N-dealkylation sites (tertiary alicyclic amines) is 1. The van der Waals surface area contributed by atoms with Gasteiger partial charge in [-0.2, -0.15) is 18.3 Å². The van der Waals surface area contributed by atoms with Crippen molar-refractivity contribution in [2.24, 2.45) is 0 Å². The van der Waals surface area contributed by atoms with Crippen molar-refractivity contribution in [1.82, 2.24) is 14.7 Å². The summed E-state index contributed by atoms with van der Waals surface area (Å²) < 4.78 is 41.6. The average molecular weight is 546 g/mol. The highest BCUT2D eigenvalue weighted by Crippen LogP contribution is 2.34. The summed E-state index contributed by atoms with van der Waals surface area (Å²) in [7, 11) is 0. The van der Waals surface area contributed by atoms with Gasteiger partial charge in [-0.1, -0.05) is 66.7 Å². The van der Waals surface area contributed by atoms with Crippen LogP contribution >= 0.6 is 0 Å². The van der Waals surface area contributed by atoms with Crippen LogP contribution in [0.15, 0.2) is 97.2 Å². The van der Waals surface area contributed by atoms with Crippen molar-refractivity contribution >= 4 is 5.97 Å². The Morgan fingerprint density at radius 1 is 1.02 bits per heavy atom. The van der Waals surface area contributed by atoms with E-state index in [9.17, 15) is 18.0 Å². The lowest BCUT2D eigenvalue weighted by Gasteiger charge is -2.25. The van der Waals surface area contributed by atoms with E-state index in [1.54, 1.807) is 16.8 Å². The number of hydrogen-bond acceptors (Lipinski definition) is 3. The van der Waals surface area contributed by atoms with Gasteiger partial charge in [0.1, 0.15) is 0 Å². The largest absolute Gasteiger partial charge is 0.478 e. The van der Waals surface area contributed by atoms with Crippen LogP contribution in [0, 0.1) is 0 Å². The molecule has 1 aromatic heterocycles. The lowest BCUT2D eigenvalue weighted by molar-refractivity contribution is -0.137. The summed E-state index contributed by atoms with van der Waals surface area (Å²) in [6.07, 6.45) is 3.64. The van der Waals surface area contributed by atoms with Gasteiger partial charge < -0.3 is 5.11 Å². The first kappa shape index (κ1) is 27.4. The Labute approximate surface area is 231 Å². The standard InChI is InChI=1S/C32H30F3N3O2/c33-32(34,35)27-10-5-11-28(21-27)38-22-26(31(36-38)25-8-2-1-3-9-25)18-20-37-19-6-12-29(37)24-16-14-23(15-17-24)7-4-13-30(39)40/h1-5,8-11,13-17,21-22,29H,6-7,12,18-20H2,(H,39,40)/b13-4+. The number of carbonyl (C=O) groups is 1. The third-order valence-electron chi connectivity index (χ3n) is 7.29. The Balaban J connectivity index is 1.35. The number of carboxylic acid groups (broad SMARTS) is 1. The molecule has 0 radical (unpaired) electrons. The fraction of sp³-hybridized carbons (Fsp3) is 0.250. The zero-order chi connectivity index (χ0) is 28.1. The van der Waals surface area contributed by atoms with Gasteiger partial charge in [0.15, 0.2) is 0 Å². The summed E-state index contributed by atoms with van der Waals surface area (Å²) in [6.45, 7) is 1.76. The molecule has 206 valence electrons. The van der Waals surface area contributed by atoms with E-state index in [0.29, 0.717) is 18.5 Å². The van der Waals surface area contributed by atoms with Crippen LogP contribution in [-0.2, 0) is 23.8 Å². The van der Waals surface area contributed by atoms with Crippen LogP contribution in [-0.4, -0.2) is 38.8 Å². The van der Waals surface area contributed by atoms with Crippen molar-refractivity contribution in [2.75, 3.05) is 13.1 Å². The number of nitrogens with zero attached hydrogens (tertiary/aromatic N) is 3. The van der Waals surface area contributed by atoms with Crippen molar-refractivity contribution < 1.29 is 23.1 Å². The van der Waals surface area contributed by atoms with Crippen molar-refractivity contribution in [1.29, 1.82) is 0 Å². The topological polar surface area (TPSA) is 58.4 Å². The quantitative estimate of drug-likeness (QED) is 0.228. The Morgan fingerprint density at radius 2 is 1.80 bits per heavy atom. The molecule has 4 aromatic rings. The molecule has 0 saturated carbocycles. The SMILES string of the molecule is O=C(O)/C=C/Cc1ccc(C2CCCN2CCc2cn(-c3cccc(C(F)(F)F)c3)nc2-c2ccccc2)cc1. The molecule has 5 rings (SSSR count). The molecule has 8 heteroatoms. The first-order chi connectivity index (χ1) is 19.3. The monoisotopic (exact) mass is 545 g/mol. The molecule has 1 N–H and O–H groups in total. The smallest absolute Gasteiger partial charge is 0.416 e. The van der Waals surface area contributed by atoms with E-state index in [1.807, 2.05) is 48.7 Å². The predicted octanol–water partition coefficient (Wildman–Crippen LogP) is 7.12. The molecule has 3 aromatic carbocycles. The Morgan fingerprint density at radius 3 is 2.52 bits per heavy atom. The van der Waals surface area contributed by atoms with E-state index >= 15 is 0 Å². The van der Waals surface area contributed by atoms with Crippen molar-refractivity contribution in [3.8, 4) is 16.9 Å². The van der Waals surface area contributed by atoms with Crippen LogP contribution in [0.5, 0.6) is 0 Å². The molecule has 1 aliphatic rings. The van der Waals surface area contributed by atoms with Gasteiger partial charge >= 0.3 is 12.1 Å². The van der Waals surface area contributed by atoms with Gasteiger partial charge in [0, 0.05) is 30.4 Å². The van der Waals surface area contributed by atoms with Gasteiger partial charge in [-0.15, -0.1) is 0 Å². The minimum absolute atomic E-state index is 0.280. The number of aromatic nitrogens is 2. The van der Waals surface area contributed by atoms with Crippen LogP contribution < -0.4 is 0 Å². The van der Waals surface area contributed by atoms with Crippen molar-refractivity contribution in [3.05, 3.63) is 119 Å². The summed E-state index contributed by atoms with van der Waals surface area (Å²) >= 11 is 0. The van der Waals surface area contributed by atoms with Crippen molar-refractivity contribution in [2.45, 2.75) is 37.9 Å². The first-order valence-corrected chi connectivity index (χ1v) is 13.3. The van der Waals surface area contributed by atoms with Gasteiger partial charge in [-0.25, -0.2) is 9.48 Å². The van der Waals surface area contributed by atoms with Gasteiger partial charge in [0.05, 0.1) is 16.9 Å². The Kier molecular flexibility index (Phi) is 8.16. The number of allylic oxidation sites excluding steroid dienone is 1. The van der Waals surface area contributed by atoms with Crippen LogP contribution in [0.2, 0.25) is 0 Å². The number of benzene rings is 3. The maximum absolute atomic E-state index is 13.3. The summed E-state index contributed by atoms with van der Waals surface area (Å²) in [5, 5.41) is 13.5. The summed E-state index contributed by atoms with van der Waals surface area (Å²) in [6, 6.07) is 23.6. The van der Waals surface area contributed by atoms with Crippen LogP contribution in [0.25, 0.3) is 16.9 Å². The number of aliphatic carboxylic acids is 1. The molecule has 40 heavy (non-hydrogen) atoms. The molecule has 1 saturated heterocycles. The molecule has 1 fully saturated rings. The van der Waals surface area contributed by atoms with E-state index in [1.165, 1.54) is 11.6 Å². The second-order valence-electron chi connectivity index (χ2n) is 9.99. The second-order valence-corrected chi connectivity index (χ2v) is 9.99. The van der Waals surface area contributed by atoms with Crippen LogP contribution in [0.1, 0.15) is 41.1 Å². The third kappa shape index (κ3) is 6.51. The molecule has 0 bridgehead atoms. The third-order valence-corrected chi connectivity index (χ3v) is 7.29. The lowest BCUT2D eigenvalue weighted by atomic mass is 10.0. The number of rotatable bonds is 9. The number of halogens is 3. The zero-order valence-corrected chi connectivity index (χ0v) is 21.9. The number of hydrogen-bond donors (Lipinski definition) is 1. The van der Waals surface area contributed by atoms with Gasteiger partial charge in [-0.05, 0) is 67.1 Å². The molecular formula is C32H30F3N3O2. The normalized spacial score (nSPS) is 16.1. The predicted molar refractivity (Wildman–Crippen MR) is 148 cm³/mol. The molecule has 0 spiro atoms. The zero-order valence-electron chi connectivity index (χ0n) is 21.9. The highest BCUT2D eigenvalue weighted by molar-refractivity contribution is 5.79. The first-order valence-electron chi connectivity index (χ1n) is 13.3. The van der Waals surface area contributed by atoms with Gasteiger partial charge in [0.2, 0.25) is 0 Å². The van der Waals surface area contributed by atoms with E-state index in [0.717, 1.165) is 66.5 Å². The molecule has 0 amide bonds. The maximum atomic E-state index is 13.3. The molecule has 1 aliphatic heterocycles. The highest BCUT2D eigenvalue weighted by Gasteiger charge is 2.31. The van der Waals surface area contributed by atoms with Crippen molar-refractivity contribution in [3.63, 3.8) is 0 Å². The molecule has 5 nitrogen and oxygen atoms in total. The highest BCUT2D eigenvalue weighted by atomic mass is 19.4. The number of carboxylic acids is 1. The molecule has 2 heterocycles. The van der Waals surface area contributed by atoms with E-state index in [-0.39, 0.29) is 6.04 Å². The molecule has 0 aliphatic carbocycles. The number of alkyl halides is 3. The fourth-order valence-corrected chi connectivity index (χ4v) is 5.30. The molecule has 1 unspecified atom stereocenters. The molecular weight excluding hydrogens is 515 g/mol. The summed E-state index contributed by atoms with van der Waals surface area (Å²) in [4.78, 5) is 13.2. The van der Waals surface area contributed by atoms with E-state index < -0.39 is 17.7 Å². The summed E-state index contributed by atoms with van der Waals surface area (Å²) in [5.74, 6) is -0.950. The fourth-order valence-electron chi connectivity index (χ4n) is 5.30. The lowest BCUT2D eigenvalue weighted by Crippen LogP contribution is -2.25. The van der Waals surface area contributed by atoms with Gasteiger partial charge in [0.25, 0.3) is 0 Å². The minimum Gasteiger partial charge on any atom is -0.478 e. The minimum atomic E-state index is -4.42. The average Bonchev–Trinajstić information content (AvgIpc) is 3.60. The van der Waals surface area contributed by atoms with E-state index in [2.05, 4.69) is 17.0 Å². The summed E-state index contributed by atoms with van der Waals surface area (Å²) in [5.41, 5.74) is 4.63. The molecule has 1 atom stereocenters. The van der Waals surface area contributed by atoms with E-state index in [4.69, 9.17) is 10.2 Å². The van der Waals surface area contributed by atoms with Crippen LogP contribution in [0.3, 0.4) is 0 Å². The van der Waals surface area contributed by atoms with Crippen LogP contribution in [0.4, 0.5) is 13.2 Å². The Bertz CT molecular complexity index is 1480.